The van der Waals surface area contributed by atoms with Crippen molar-refractivity contribution < 1.29 is 14.3 Å². The third-order valence-corrected chi connectivity index (χ3v) is 5.30. The van der Waals surface area contributed by atoms with Gasteiger partial charge in [0.15, 0.2) is 0 Å². The number of hydrogen-bond acceptors (Lipinski definition) is 4. The van der Waals surface area contributed by atoms with E-state index in [9.17, 15) is 9.59 Å². The van der Waals surface area contributed by atoms with Crippen LogP contribution in [-0.2, 0) is 20.9 Å². The van der Waals surface area contributed by atoms with Gasteiger partial charge in [-0.15, -0.1) is 0 Å². The molecule has 0 aromatic heterocycles. The van der Waals surface area contributed by atoms with E-state index in [0.29, 0.717) is 18.7 Å². The summed E-state index contributed by atoms with van der Waals surface area (Å²) in [5.74, 6) is -0.515. The van der Waals surface area contributed by atoms with E-state index in [2.05, 4.69) is 6.58 Å². The quantitative estimate of drug-likeness (QED) is 0.419. The molecular formula is C24H28N2O3. The maximum absolute atomic E-state index is 13.0. The number of carbonyl (C=O) groups is 2. The van der Waals surface area contributed by atoms with Gasteiger partial charge in [-0.3, -0.25) is 4.79 Å². The van der Waals surface area contributed by atoms with Gasteiger partial charge in [0, 0.05) is 12.2 Å². The third kappa shape index (κ3) is 4.50. The molecule has 5 nitrogen and oxygen atoms in total. The number of benzene rings is 2. The number of hydrogen-bond donors (Lipinski definition) is 1. The van der Waals surface area contributed by atoms with Gasteiger partial charge in [0.25, 0.3) is 0 Å². The average molecular weight is 392 g/mol. The molecule has 2 unspecified atom stereocenters. The van der Waals surface area contributed by atoms with Gasteiger partial charge in [0.2, 0.25) is 5.91 Å². The van der Waals surface area contributed by atoms with Gasteiger partial charge in [-0.25, -0.2) is 4.79 Å². The molecule has 1 saturated heterocycles. The van der Waals surface area contributed by atoms with Crippen molar-refractivity contribution in [1.29, 1.82) is 0 Å². The molecule has 2 aromatic carbocycles. The van der Waals surface area contributed by atoms with E-state index in [0.717, 1.165) is 16.7 Å². The van der Waals surface area contributed by atoms with Crippen molar-refractivity contribution in [2.24, 2.45) is 5.92 Å². The lowest BCUT2D eigenvalue weighted by Crippen LogP contribution is -2.58. The summed E-state index contributed by atoms with van der Waals surface area (Å²) in [5, 5.41) is 0. The fourth-order valence-corrected chi connectivity index (χ4v) is 3.67. The number of esters is 1. The van der Waals surface area contributed by atoms with Crippen molar-refractivity contribution in [3.05, 3.63) is 71.8 Å². The first-order valence-corrected chi connectivity index (χ1v) is 9.94. The van der Waals surface area contributed by atoms with Gasteiger partial charge >= 0.3 is 5.97 Å². The first-order chi connectivity index (χ1) is 13.9. The zero-order valence-electron chi connectivity index (χ0n) is 17.0. The maximum Gasteiger partial charge on any atom is 0.329 e. The molecule has 0 bridgehead atoms. The van der Waals surface area contributed by atoms with Crippen LogP contribution >= 0.6 is 0 Å². The summed E-state index contributed by atoms with van der Waals surface area (Å²) < 4.78 is 5.53. The molecule has 2 N–H and O–H groups in total. The van der Waals surface area contributed by atoms with Gasteiger partial charge in [0.1, 0.15) is 12.6 Å². The molecule has 2 atom stereocenters. The van der Waals surface area contributed by atoms with E-state index >= 15 is 0 Å². The van der Waals surface area contributed by atoms with Crippen LogP contribution in [0.15, 0.2) is 55.1 Å². The van der Waals surface area contributed by atoms with Crippen molar-refractivity contribution in [2.75, 3.05) is 12.3 Å². The van der Waals surface area contributed by atoms with Crippen LogP contribution in [0.3, 0.4) is 0 Å². The summed E-state index contributed by atoms with van der Waals surface area (Å²) in [6, 6.07) is 14.6. The molecule has 3 rings (SSSR count). The number of β-lactam (4-membered cyclic amide) rings is 1. The Hall–Kier alpha value is -3.08. The van der Waals surface area contributed by atoms with Gasteiger partial charge in [-0.05, 0) is 29.0 Å². The number of nitrogens with zero attached hydrogens (tertiary/aromatic N) is 1. The molecule has 1 fully saturated rings. The van der Waals surface area contributed by atoms with Crippen LogP contribution < -0.4 is 5.73 Å². The smallest absolute Gasteiger partial charge is 0.329 e. The third-order valence-electron chi connectivity index (χ3n) is 5.30. The number of likely N-dealkylation sites (tertiary alicyclic amines) is 1. The van der Waals surface area contributed by atoms with Crippen LogP contribution in [0.5, 0.6) is 0 Å². The minimum absolute atomic E-state index is 0.0831. The van der Waals surface area contributed by atoms with Crippen LogP contribution in [0.25, 0.3) is 6.08 Å². The van der Waals surface area contributed by atoms with Crippen LogP contribution in [-0.4, -0.2) is 29.4 Å². The Morgan fingerprint density at radius 1 is 1.24 bits per heavy atom. The van der Waals surface area contributed by atoms with E-state index in [4.69, 9.17) is 10.5 Å². The molecule has 1 heterocycles. The van der Waals surface area contributed by atoms with Gasteiger partial charge < -0.3 is 15.4 Å². The second kappa shape index (κ2) is 8.95. The van der Waals surface area contributed by atoms with Crippen LogP contribution in [0.2, 0.25) is 0 Å². The van der Waals surface area contributed by atoms with Gasteiger partial charge in [-0.2, -0.15) is 0 Å². The van der Waals surface area contributed by atoms with E-state index in [-0.39, 0.29) is 30.3 Å². The lowest BCUT2D eigenvalue weighted by Gasteiger charge is -2.43. The number of ether oxygens (including phenoxy) is 1. The van der Waals surface area contributed by atoms with Crippen molar-refractivity contribution >= 4 is 23.6 Å². The van der Waals surface area contributed by atoms with Crippen LogP contribution in [0.1, 0.15) is 42.9 Å². The van der Waals surface area contributed by atoms with Crippen molar-refractivity contribution in [2.45, 2.75) is 38.8 Å². The van der Waals surface area contributed by atoms with E-state index in [1.807, 2.05) is 62.4 Å². The molecular weight excluding hydrogens is 364 g/mol. The standard InChI is InChI=1S/C24H28N2O3/c1-4-18-11-8-12-19(22(18)25)20-14-26(23(20)27)21(13-16(2)3)24(28)29-15-17-9-6-5-7-10-17/h4-12,16,20-21H,1,13-15,25H2,2-3H3. The largest absolute Gasteiger partial charge is 0.459 e. The van der Waals surface area contributed by atoms with Gasteiger partial charge in [0.05, 0.1) is 5.92 Å². The summed E-state index contributed by atoms with van der Waals surface area (Å²) in [5.41, 5.74) is 9.32. The number of para-hydroxylation sites is 1. The Morgan fingerprint density at radius 2 is 1.97 bits per heavy atom. The Balaban J connectivity index is 1.71. The number of nitrogen functional groups attached to an aromatic ring is 1. The first kappa shape index (κ1) is 20.6. The minimum atomic E-state index is -0.578. The van der Waals surface area contributed by atoms with Crippen molar-refractivity contribution in [1.82, 2.24) is 4.90 Å². The lowest BCUT2D eigenvalue weighted by molar-refractivity contribution is -0.163. The van der Waals surface area contributed by atoms with Crippen molar-refractivity contribution in [3.63, 3.8) is 0 Å². The first-order valence-electron chi connectivity index (χ1n) is 9.94. The molecule has 1 aliphatic heterocycles. The molecule has 1 aliphatic rings. The highest BCUT2D eigenvalue weighted by Gasteiger charge is 2.45. The van der Waals surface area contributed by atoms with E-state index in [1.165, 1.54) is 0 Å². The van der Waals surface area contributed by atoms with Crippen molar-refractivity contribution in [3.8, 4) is 0 Å². The van der Waals surface area contributed by atoms with Gasteiger partial charge in [-0.1, -0.05) is 75.0 Å². The molecule has 0 radical (unpaired) electrons. The predicted molar refractivity (Wildman–Crippen MR) is 115 cm³/mol. The highest BCUT2D eigenvalue weighted by Crippen LogP contribution is 2.36. The average Bonchev–Trinajstić information content (AvgIpc) is 2.72. The highest BCUT2D eigenvalue weighted by molar-refractivity contribution is 5.95. The van der Waals surface area contributed by atoms with E-state index < -0.39 is 6.04 Å². The molecule has 29 heavy (non-hydrogen) atoms. The van der Waals surface area contributed by atoms with Crippen LogP contribution in [0.4, 0.5) is 5.69 Å². The number of amides is 1. The molecule has 0 aliphatic carbocycles. The van der Waals surface area contributed by atoms with E-state index in [1.54, 1.807) is 11.0 Å². The highest BCUT2D eigenvalue weighted by atomic mass is 16.5. The fourth-order valence-electron chi connectivity index (χ4n) is 3.67. The molecule has 2 aromatic rings. The zero-order chi connectivity index (χ0) is 21.0. The second-order valence-electron chi connectivity index (χ2n) is 7.84. The summed E-state index contributed by atoms with van der Waals surface area (Å²) in [6.07, 6.45) is 2.25. The Morgan fingerprint density at radius 3 is 2.59 bits per heavy atom. The van der Waals surface area contributed by atoms with Crippen LogP contribution in [0, 0.1) is 5.92 Å². The molecule has 1 amide bonds. The number of anilines is 1. The minimum Gasteiger partial charge on any atom is -0.459 e. The second-order valence-corrected chi connectivity index (χ2v) is 7.84. The summed E-state index contributed by atoms with van der Waals surface area (Å²) >= 11 is 0. The Labute approximate surface area is 172 Å². The predicted octanol–water partition coefficient (Wildman–Crippen LogP) is 4.00. The lowest BCUT2D eigenvalue weighted by atomic mass is 9.85. The molecule has 0 saturated carbocycles. The number of rotatable bonds is 8. The SMILES string of the molecule is C=Cc1cccc(C2CN(C(CC(C)C)C(=O)OCc3ccccc3)C2=O)c1N. The molecule has 5 heteroatoms. The normalized spacial score (nSPS) is 17.0. The summed E-state index contributed by atoms with van der Waals surface area (Å²) in [6.45, 7) is 8.49. The number of nitrogens with two attached hydrogens (primary N) is 1. The Kier molecular flexibility index (Phi) is 6.37. The molecule has 152 valence electrons. The number of carbonyl (C=O) groups excluding carboxylic acids is 2. The Bertz CT molecular complexity index is 892. The molecule has 0 spiro atoms. The summed E-state index contributed by atoms with van der Waals surface area (Å²) in [4.78, 5) is 27.4. The topological polar surface area (TPSA) is 72.6 Å². The maximum atomic E-state index is 13.0. The zero-order valence-corrected chi connectivity index (χ0v) is 17.0. The fraction of sp³-hybridized carbons (Fsp3) is 0.333. The summed E-state index contributed by atoms with van der Waals surface area (Å²) in [7, 11) is 0. The monoisotopic (exact) mass is 392 g/mol.